The highest BCUT2D eigenvalue weighted by molar-refractivity contribution is 5.69. The minimum absolute atomic E-state index is 0.125. The number of alkyl halides is 3. The Kier molecular flexibility index (Phi) is 4.51. The average molecular weight is 346 g/mol. The van der Waals surface area contributed by atoms with E-state index in [1.165, 1.54) is 7.11 Å². The molecule has 0 aliphatic rings. The number of methoxy groups -OCH3 is 1. The van der Waals surface area contributed by atoms with Crippen LogP contribution >= 0.6 is 0 Å². The molecule has 0 bridgehead atoms. The van der Waals surface area contributed by atoms with E-state index in [4.69, 9.17) is 4.74 Å². The fourth-order valence-corrected chi connectivity index (χ4v) is 2.15. The Morgan fingerprint density at radius 2 is 1.84 bits per heavy atom. The molecule has 5 nitrogen and oxygen atoms in total. The number of pyridine rings is 1. The monoisotopic (exact) mass is 346 g/mol. The van der Waals surface area contributed by atoms with Crippen molar-refractivity contribution in [1.29, 1.82) is 0 Å². The van der Waals surface area contributed by atoms with Crippen LogP contribution in [0, 0.1) is 0 Å². The first-order valence-electron chi connectivity index (χ1n) is 7.23. The Labute approximate surface area is 141 Å². The van der Waals surface area contributed by atoms with Crippen LogP contribution in [0.15, 0.2) is 54.9 Å². The van der Waals surface area contributed by atoms with Crippen molar-refractivity contribution in [3.63, 3.8) is 0 Å². The fraction of sp³-hybridized carbons (Fsp3) is 0.118. The zero-order chi connectivity index (χ0) is 17.9. The second kappa shape index (κ2) is 6.76. The lowest BCUT2D eigenvalue weighted by atomic mass is 10.1. The number of aromatic nitrogens is 3. The highest BCUT2D eigenvalue weighted by atomic mass is 19.4. The molecule has 0 spiro atoms. The molecule has 0 saturated heterocycles. The maximum Gasteiger partial charge on any atom is 0.433 e. The van der Waals surface area contributed by atoms with E-state index in [2.05, 4.69) is 20.3 Å². The molecular weight excluding hydrogens is 333 g/mol. The lowest BCUT2D eigenvalue weighted by Gasteiger charge is -2.10. The van der Waals surface area contributed by atoms with E-state index in [-0.39, 0.29) is 5.95 Å². The van der Waals surface area contributed by atoms with Gasteiger partial charge in [0.15, 0.2) is 0 Å². The summed E-state index contributed by atoms with van der Waals surface area (Å²) in [6.07, 6.45) is -1.80. The van der Waals surface area contributed by atoms with E-state index < -0.39 is 11.9 Å². The minimum atomic E-state index is -4.52. The van der Waals surface area contributed by atoms with Crippen molar-refractivity contribution in [3.05, 3.63) is 60.6 Å². The van der Waals surface area contributed by atoms with Crippen molar-refractivity contribution in [3.8, 4) is 17.0 Å². The van der Waals surface area contributed by atoms with Gasteiger partial charge in [0.2, 0.25) is 11.8 Å². The minimum Gasteiger partial charge on any atom is -0.481 e. The van der Waals surface area contributed by atoms with Gasteiger partial charge in [0, 0.05) is 29.7 Å². The maximum absolute atomic E-state index is 12.7. The van der Waals surface area contributed by atoms with Crippen molar-refractivity contribution < 1.29 is 17.9 Å². The molecule has 8 heteroatoms. The summed E-state index contributed by atoms with van der Waals surface area (Å²) in [6, 6.07) is 11.5. The van der Waals surface area contributed by atoms with Gasteiger partial charge in [-0.05, 0) is 29.8 Å². The van der Waals surface area contributed by atoms with E-state index in [9.17, 15) is 13.2 Å². The van der Waals surface area contributed by atoms with Gasteiger partial charge in [-0.2, -0.15) is 13.2 Å². The molecule has 0 fully saturated rings. The summed E-state index contributed by atoms with van der Waals surface area (Å²) in [4.78, 5) is 11.4. The highest BCUT2D eigenvalue weighted by Crippen LogP contribution is 2.29. The third kappa shape index (κ3) is 4.03. The zero-order valence-electron chi connectivity index (χ0n) is 13.1. The van der Waals surface area contributed by atoms with Crippen LogP contribution in [0.4, 0.5) is 24.8 Å². The van der Waals surface area contributed by atoms with Crippen LogP contribution in [0.2, 0.25) is 0 Å². The standard InChI is InChI=1S/C17H13F3N4O/c1-25-15-6-5-12(10-22-15)11-3-2-4-13(9-11)23-16-21-8-7-14(24-16)17(18,19)20/h2-10H,1H3,(H,21,23,24). The number of nitrogens with one attached hydrogen (secondary N) is 1. The Hall–Kier alpha value is -3.16. The number of ether oxygens (including phenoxy) is 1. The van der Waals surface area contributed by atoms with Crippen LogP contribution in [-0.4, -0.2) is 22.1 Å². The quantitative estimate of drug-likeness (QED) is 0.763. The molecule has 1 N–H and O–H groups in total. The van der Waals surface area contributed by atoms with E-state index in [1.807, 2.05) is 12.1 Å². The van der Waals surface area contributed by atoms with Gasteiger partial charge in [0.05, 0.1) is 7.11 Å². The van der Waals surface area contributed by atoms with E-state index in [0.717, 1.165) is 23.4 Å². The number of benzene rings is 1. The molecule has 3 aromatic rings. The molecule has 0 atom stereocenters. The molecule has 25 heavy (non-hydrogen) atoms. The summed E-state index contributed by atoms with van der Waals surface area (Å²) in [7, 11) is 1.53. The number of hydrogen-bond donors (Lipinski definition) is 1. The second-order valence-electron chi connectivity index (χ2n) is 5.06. The van der Waals surface area contributed by atoms with Crippen molar-refractivity contribution in [2.24, 2.45) is 0 Å². The Balaban J connectivity index is 1.84. The topological polar surface area (TPSA) is 59.9 Å². The van der Waals surface area contributed by atoms with Gasteiger partial charge < -0.3 is 10.1 Å². The molecule has 0 amide bonds. The first-order chi connectivity index (χ1) is 12.0. The smallest absolute Gasteiger partial charge is 0.433 e. The summed E-state index contributed by atoms with van der Waals surface area (Å²) in [5, 5.41) is 2.78. The van der Waals surface area contributed by atoms with Crippen LogP contribution in [0.25, 0.3) is 11.1 Å². The summed E-state index contributed by atoms with van der Waals surface area (Å²) >= 11 is 0. The van der Waals surface area contributed by atoms with Crippen LogP contribution in [0.1, 0.15) is 5.69 Å². The van der Waals surface area contributed by atoms with Gasteiger partial charge in [-0.3, -0.25) is 0 Å². The van der Waals surface area contributed by atoms with Crippen LogP contribution in [0.3, 0.4) is 0 Å². The fourth-order valence-electron chi connectivity index (χ4n) is 2.15. The van der Waals surface area contributed by atoms with Crippen LogP contribution in [-0.2, 0) is 6.18 Å². The lowest BCUT2D eigenvalue weighted by Crippen LogP contribution is -2.10. The van der Waals surface area contributed by atoms with Gasteiger partial charge in [0.1, 0.15) is 5.69 Å². The first-order valence-corrected chi connectivity index (χ1v) is 7.23. The van der Waals surface area contributed by atoms with Crippen LogP contribution in [0.5, 0.6) is 5.88 Å². The van der Waals surface area contributed by atoms with Crippen molar-refractivity contribution in [2.45, 2.75) is 6.18 Å². The maximum atomic E-state index is 12.7. The Morgan fingerprint density at radius 1 is 1.00 bits per heavy atom. The number of anilines is 2. The Morgan fingerprint density at radius 3 is 2.52 bits per heavy atom. The van der Waals surface area contributed by atoms with Gasteiger partial charge in [-0.15, -0.1) is 0 Å². The molecule has 0 aliphatic carbocycles. The zero-order valence-corrected chi connectivity index (χ0v) is 13.1. The third-order valence-electron chi connectivity index (χ3n) is 3.34. The summed E-state index contributed by atoms with van der Waals surface area (Å²) in [5.41, 5.74) is 1.25. The summed E-state index contributed by atoms with van der Waals surface area (Å²) in [5.74, 6) is 0.371. The SMILES string of the molecule is COc1ccc(-c2cccc(Nc3nccc(C(F)(F)F)n3)c2)cn1. The number of rotatable bonds is 4. The van der Waals surface area contributed by atoms with Gasteiger partial charge in [-0.25, -0.2) is 15.0 Å². The van der Waals surface area contributed by atoms with E-state index in [1.54, 1.807) is 30.5 Å². The number of halogens is 3. The summed E-state index contributed by atoms with van der Waals surface area (Å²) < 4.78 is 43.2. The molecule has 0 unspecified atom stereocenters. The summed E-state index contributed by atoms with van der Waals surface area (Å²) in [6.45, 7) is 0. The lowest BCUT2D eigenvalue weighted by molar-refractivity contribution is -0.141. The van der Waals surface area contributed by atoms with E-state index in [0.29, 0.717) is 11.6 Å². The largest absolute Gasteiger partial charge is 0.481 e. The van der Waals surface area contributed by atoms with Crippen molar-refractivity contribution in [1.82, 2.24) is 15.0 Å². The predicted molar refractivity (Wildman–Crippen MR) is 86.5 cm³/mol. The number of hydrogen-bond acceptors (Lipinski definition) is 5. The molecular formula is C17H13F3N4O. The first kappa shape index (κ1) is 16.7. The van der Waals surface area contributed by atoms with Crippen molar-refractivity contribution in [2.75, 3.05) is 12.4 Å². The normalized spacial score (nSPS) is 11.2. The van der Waals surface area contributed by atoms with Crippen molar-refractivity contribution >= 4 is 11.6 Å². The molecule has 3 rings (SSSR count). The molecule has 0 radical (unpaired) electrons. The highest BCUT2D eigenvalue weighted by Gasteiger charge is 2.32. The molecule has 0 saturated carbocycles. The van der Waals surface area contributed by atoms with E-state index >= 15 is 0 Å². The molecule has 128 valence electrons. The van der Waals surface area contributed by atoms with Gasteiger partial charge in [0.25, 0.3) is 0 Å². The predicted octanol–water partition coefficient (Wildman–Crippen LogP) is 4.31. The van der Waals surface area contributed by atoms with Crippen LogP contribution < -0.4 is 10.1 Å². The Bertz CT molecular complexity index is 866. The average Bonchev–Trinajstić information content (AvgIpc) is 2.61. The van der Waals surface area contributed by atoms with Gasteiger partial charge >= 0.3 is 6.18 Å². The molecule has 2 heterocycles. The second-order valence-corrected chi connectivity index (χ2v) is 5.06. The third-order valence-corrected chi connectivity index (χ3v) is 3.34. The molecule has 0 aliphatic heterocycles. The molecule has 2 aromatic heterocycles. The molecule has 1 aromatic carbocycles. The van der Waals surface area contributed by atoms with Gasteiger partial charge in [-0.1, -0.05) is 12.1 Å². The number of nitrogens with zero attached hydrogens (tertiary/aromatic N) is 3.